The zero-order valence-corrected chi connectivity index (χ0v) is 26.0. The summed E-state index contributed by atoms with van der Waals surface area (Å²) in [6, 6.07) is 60.0. The number of nitriles is 1. The Morgan fingerprint density at radius 3 is 1.42 bits per heavy atom. The van der Waals surface area contributed by atoms with E-state index in [4.69, 9.17) is 15.0 Å². The summed E-state index contributed by atoms with van der Waals surface area (Å²) in [4.78, 5) is 14.6. The van der Waals surface area contributed by atoms with Crippen molar-refractivity contribution >= 4 is 10.8 Å². The molecule has 0 aliphatic rings. The molecule has 1 heterocycles. The summed E-state index contributed by atoms with van der Waals surface area (Å²) in [5.74, 6) is 1.92. The van der Waals surface area contributed by atoms with Gasteiger partial charge in [0.2, 0.25) is 0 Å². The summed E-state index contributed by atoms with van der Waals surface area (Å²) in [6.07, 6.45) is 0. The SMILES string of the molecule is N#Cc1ccccc1-c1ccc(-c2cc(-c3ccc(-c4nc(-c5ccccc5)nc(-c5ccccc5)n4)cc3)cc3ccccc23)cc1. The first-order valence-corrected chi connectivity index (χ1v) is 15.8. The molecule has 7 aromatic carbocycles. The Morgan fingerprint density at radius 2 is 0.812 bits per heavy atom. The van der Waals surface area contributed by atoms with Crippen molar-refractivity contribution in [3.8, 4) is 73.6 Å². The molecule has 0 aliphatic carbocycles. The first kappa shape index (κ1) is 28.8. The highest BCUT2D eigenvalue weighted by Gasteiger charge is 2.14. The van der Waals surface area contributed by atoms with Gasteiger partial charge in [-0.1, -0.05) is 152 Å². The molecule has 0 saturated heterocycles. The predicted molar refractivity (Wildman–Crippen MR) is 195 cm³/mol. The van der Waals surface area contributed by atoms with Gasteiger partial charge >= 0.3 is 0 Å². The van der Waals surface area contributed by atoms with Gasteiger partial charge in [-0.3, -0.25) is 0 Å². The number of benzene rings is 7. The molecule has 0 unspecified atom stereocenters. The number of hydrogen-bond donors (Lipinski definition) is 0. The lowest BCUT2D eigenvalue weighted by Crippen LogP contribution is -2.00. The van der Waals surface area contributed by atoms with Crippen LogP contribution in [0.5, 0.6) is 0 Å². The summed E-state index contributed by atoms with van der Waals surface area (Å²) < 4.78 is 0. The third-order valence-corrected chi connectivity index (χ3v) is 8.59. The smallest absolute Gasteiger partial charge is 0.164 e. The van der Waals surface area contributed by atoms with Gasteiger partial charge in [-0.25, -0.2) is 15.0 Å². The van der Waals surface area contributed by atoms with E-state index in [1.807, 2.05) is 84.9 Å². The van der Waals surface area contributed by atoms with Crippen LogP contribution in [-0.4, -0.2) is 15.0 Å². The monoisotopic (exact) mass is 612 g/mol. The van der Waals surface area contributed by atoms with Gasteiger partial charge in [-0.15, -0.1) is 0 Å². The summed E-state index contributed by atoms with van der Waals surface area (Å²) in [5, 5.41) is 12.0. The summed E-state index contributed by atoms with van der Waals surface area (Å²) in [5.41, 5.74) is 9.95. The van der Waals surface area contributed by atoms with Crippen LogP contribution in [0, 0.1) is 11.3 Å². The largest absolute Gasteiger partial charge is 0.208 e. The van der Waals surface area contributed by atoms with Gasteiger partial charge in [-0.2, -0.15) is 5.26 Å². The van der Waals surface area contributed by atoms with Crippen molar-refractivity contribution in [3.05, 3.63) is 175 Å². The van der Waals surface area contributed by atoms with Gasteiger partial charge in [0.15, 0.2) is 17.5 Å². The minimum absolute atomic E-state index is 0.631. The Hall–Kier alpha value is -6.70. The molecule has 4 nitrogen and oxygen atoms in total. The van der Waals surface area contributed by atoms with Crippen LogP contribution in [-0.2, 0) is 0 Å². The van der Waals surface area contributed by atoms with Crippen LogP contribution in [0.2, 0.25) is 0 Å². The molecule has 0 saturated carbocycles. The maximum absolute atomic E-state index is 9.61. The second-order valence-corrected chi connectivity index (χ2v) is 11.6. The lowest BCUT2D eigenvalue weighted by Gasteiger charge is -2.13. The minimum Gasteiger partial charge on any atom is -0.208 e. The molecule has 48 heavy (non-hydrogen) atoms. The first-order valence-electron chi connectivity index (χ1n) is 15.8. The van der Waals surface area contributed by atoms with Crippen LogP contribution in [0.1, 0.15) is 5.56 Å². The minimum atomic E-state index is 0.631. The van der Waals surface area contributed by atoms with Gasteiger partial charge in [-0.05, 0) is 62.4 Å². The topological polar surface area (TPSA) is 62.5 Å². The lowest BCUT2D eigenvalue weighted by atomic mass is 9.91. The molecule has 0 fully saturated rings. The van der Waals surface area contributed by atoms with Crippen molar-refractivity contribution in [1.29, 1.82) is 5.26 Å². The quantitative estimate of drug-likeness (QED) is 0.187. The van der Waals surface area contributed by atoms with E-state index in [2.05, 4.69) is 91.0 Å². The molecule has 8 aromatic rings. The number of rotatable bonds is 6. The molecule has 224 valence electrons. The second kappa shape index (κ2) is 12.6. The van der Waals surface area contributed by atoms with Gasteiger partial charge in [0.25, 0.3) is 0 Å². The molecule has 8 rings (SSSR count). The molecule has 0 amide bonds. The van der Waals surface area contributed by atoms with Crippen LogP contribution in [0.4, 0.5) is 0 Å². The van der Waals surface area contributed by atoms with Crippen LogP contribution < -0.4 is 0 Å². The molecule has 0 atom stereocenters. The van der Waals surface area contributed by atoms with Crippen LogP contribution in [0.25, 0.3) is 78.3 Å². The van der Waals surface area contributed by atoms with Gasteiger partial charge in [0, 0.05) is 16.7 Å². The molecule has 0 bridgehead atoms. The normalized spacial score (nSPS) is 10.9. The zero-order chi connectivity index (χ0) is 32.3. The third-order valence-electron chi connectivity index (χ3n) is 8.59. The van der Waals surface area contributed by atoms with E-state index < -0.39 is 0 Å². The van der Waals surface area contributed by atoms with E-state index in [0.717, 1.165) is 50.1 Å². The predicted octanol–water partition coefficient (Wildman–Crippen LogP) is 10.9. The molecule has 0 spiro atoms. The molecule has 4 heteroatoms. The maximum Gasteiger partial charge on any atom is 0.164 e. The summed E-state index contributed by atoms with van der Waals surface area (Å²) >= 11 is 0. The Labute approximate surface area is 279 Å². The highest BCUT2D eigenvalue weighted by Crippen LogP contribution is 2.36. The Balaban J connectivity index is 1.18. The number of fused-ring (bicyclic) bond motifs is 1. The second-order valence-electron chi connectivity index (χ2n) is 11.6. The Morgan fingerprint density at radius 1 is 0.354 bits per heavy atom. The van der Waals surface area contributed by atoms with Crippen LogP contribution in [0.15, 0.2) is 170 Å². The Bertz CT molecular complexity index is 2370. The van der Waals surface area contributed by atoms with Gasteiger partial charge in [0.05, 0.1) is 11.6 Å². The van der Waals surface area contributed by atoms with Crippen molar-refractivity contribution in [2.75, 3.05) is 0 Å². The standard InChI is InChI=1S/C44H28N4/c45-29-37-16-8-9-17-39(37)31-21-23-32(24-22-31)41-28-38(27-36-15-7-10-18-40(36)41)30-19-25-35(26-20-30)44-47-42(33-11-3-1-4-12-33)46-43(48-44)34-13-5-2-6-14-34/h1-28H. The van der Waals surface area contributed by atoms with Gasteiger partial charge < -0.3 is 0 Å². The fourth-order valence-corrected chi connectivity index (χ4v) is 6.13. The number of nitrogens with zero attached hydrogens (tertiary/aromatic N) is 4. The van der Waals surface area contributed by atoms with Crippen molar-refractivity contribution in [3.63, 3.8) is 0 Å². The van der Waals surface area contributed by atoms with E-state index in [1.165, 1.54) is 10.8 Å². The summed E-state index contributed by atoms with van der Waals surface area (Å²) in [7, 11) is 0. The zero-order valence-electron chi connectivity index (χ0n) is 26.0. The number of aromatic nitrogens is 3. The third kappa shape index (κ3) is 5.62. The van der Waals surface area contributed by atoms with Gasteiger partial charge in [0.1, 0.15) is 0 Å². The fraction of sp³-hybridized carbons (Fsp3) is 0. The van der Waals surface area contributed by atoms with Crippen molar-refractivity contribution in [2.24, 2.45) is 0 Å². The molecule has 0 radical (unpaired) electrons. The fourth-order valence-electron chi connectivity index (χ4n) is 6.13. The lowest BCUT2D eigenvalue weighted by molar-refractivity contribution is 1.07. The van der Waals surface area contributed by atoms with Crippen LogP contribution in [0.3, 0.4) is 0 Å². The summed E-state index contributed by atoms with van der Waals surface area (Å²) in [6.45, 7) is 0. The van der Waals surface area contributed by atoms with E-state index in [9.17, 15) is 5.26 Å². The molecule has 0 N–H and O–H groups in total. The van der Waals surface area contributed by atoms with E-state index in [1.54, 1.807) is 0 Å². The van der Waals surface area contributed by atoms with E-state index >= 15 is 0 Å². The average Bonchev–Trinajstić information content (AvgIpc) is 3.18. The molecular weight excluding hydrogens is 585 g/mol. The molecule has 1 aromatic heterocycles. The van der Waals surface area contributed by atoms with Crippen molar-refractivity contribution in [2.45, 2.75) is 0 Å². The Kier molecular flexibility index (Phi) is 7.54. The van der Waals surface area contributed by atoms with Crippen LogP contribution >= 0.6 is 0 Å². The van der Waals surface area contributed by atoms with E-state index in [0.29, 0.717) is 23.0 Å². The van der Waals surface area contributed by atoms with E-state index in [-0.39, 0.29) is 0 Å². The maximum atomic E-state index is 9.61. The highest BCUT2D eigenvalue weighted by molar-refractivity contribution is 6.00. The highest BCUT2D eigenvalue weighted by atomic mass is 15.0. The number of hydrogen-bond acceptors (Lipinski definition) is 4. The first-order chi connectivity index (χ1) is 23.7. The molecule has 0 aliphatic heterocycles. The van der Waals surface area contributed by atoms with Crippen molar-refractivity contribution < 1.29 is 0 Å². The van der Waals surface area contributed by atoms with Crippen molar-refractivity contribution in [1.82, 2.24) is 15.0 Å². The average molecular weight is 613 g/mol. The molecular formula is C44H28N4.